The third kappa shape index (κ3) is 3.45. The lowest BCUT2D eigenvalue weighted by molar-refractivity contribution is -0.486. The average molecular weight is 378 g/mol. The molecule has 0 fully saturated rings. The fourth-order valence-corrected chi connectivity index (χ4v) is 0.959. The second-order valence-electron chi connectivity index (χ2n) is 4.01. The lowest BCUT2D eigenvalue weighted by Crippen LogP contribution is -2.66. The topological polar surface area (TPSA) is 49.7 Å². The molecule has 0 rings (SSSR count). The SMILES string of the molecule is OCC(F)(F)C(F)(F)C(F)(F)C(F)(F)OC(F)(CO)C(F)(F)F. The van der Waals surface area contributed by atoms with Gasteiger partial charge in [0, 0.05) is 0 Å². The molecule has 2 N–H and O–H groups in total. The summed E-state index contributed by atoms with van der Waals surface area (Å²) in [6, 6.07) is 0. The van der Waals surface area contributed by atoms with E-state index in [1.165, 1.54) is 0 Å². The third-order valence-electron chi connectivity index (χ3n) is 2.33. The first-order valence-corrected chi connectivity index (χ1v) is 5.02. The number of alkyl halides is 12. The molecule has 0 aromatic heterocycles. The van der Waals surface area contributed by atoms with Gasteiger partial charge in [0.25, 0.3) is 0 Å². The van der Waals surface area contributed by atoms with E-state index in [0.29, 0.717) is 0 Å². The Morgan fingerprint density at radius 2 is 1.00 bits per heavy atom. The number of aliphatic hydroxyl groups is 2. The molecule has 140 valence electrons. The molecule has 1 unspecified atom stereocenters. The molecule has 0 aliphatic carbocycles. The molecule has 0 spiro atoms. The number of rotatable bonds is 7. The number of hydrogen-bond acceptors (Lipinski definition) is 3. The largest absolute Gasteiger partial charge is 0.451 e. The van der Waals surface area contributed by atoms with Crippen molar-refractivity contribution in [1.82, 2.24) is 0 Å². The van der Waals surface area contributed by atoms with E-state index in [4.69, 9.17) is 10.2 Å². The van der Waals surface area contributed by atoms with Crippen molar-refractivity contribution in [1.29, 1.82) is 0 Å². The minimum atomic E-state index is -7.40. The molecular weight excluding hydrogens is 372 g/mol. The number of aliphatic hydroxyl groups excluding tert-OH is 2. The van der Waals surface area contributed by atoms with Crippen LogP contribution in [0.2, 0.25) is 0 Å². The van der Waals surface area contributed by atoms with Gasteiger partial charge in [-0.05, 0) is 0 Å². The zero-order valence-corrected chi connectivity index (χ0v) is 10.3. The van der Waals surface area contributed by atoms with E-state index in [-0.39, 0.29) is 0 Å². The fourth-order valence-electron chi connectivity index (χ4n) is 0.959. The smallest absolute Gasteiger partial charge is 0.390 e. The molecule has 0 aromatic carbocycles. The van der Waals surface area contributed by atoms with Crippen LogP contribution in [0.25, 0.3) is 0 Å². The highest BCUT2D eigenvalue weighted by molar-refractivity contribution is 5.01. The van der Waals surface area contributed by atoms with E-state index < -0.39 is 49.1 Å². The van der Waals surface area contributed by atoms with Gasteiger partial charge in [-0.15, -0.1) is 0 Å². The Hall–Kier alpha value is -0.960. The lowest BCUT2D eigenvalue weighted by Gasteiger charge is -2.38. The van der Waals surface area contributed by atoms with Gasteiger partial charge in [0.05, 0.1) is 0 Å². The number of hydrogen-bond donors (Lipinski definition) is 2. The minimum absolute atomic E-state index is 1.91. The van der Waals surface area contributed by atoms with Crippen molar-refractivity contribution in [2.75, 3.05) is 13.2 Å². The Balaban J connectivity index is 5.91. The van der Waals surface area contributed by atoms with Crippen LogP contribution in [0.3, 0.4) is 0 Å². The molecule has 0 aromatic rings. The van der Waals surface area contributed by atoms with Crippen LogP contribution in [-0.2, 0) is 4.74 Å². The summed E-state index contributed by atoms with van der Waals surface area (Å²) in [5, 5.41) is 15.8. The predicted molar refractivity (Wildman–Crippen MR) is 44.9 cm³/mol. The quantitative estimate of drug-likeness (QED) is 0.670. The zero-order valence-electron chi connectivity index (χ0n) is 10.3. The van der Waals surface area contributed by atoms with Crippen molar-refractivity contribution in [3.05, 3.63) is 0 Å². The van der Waals surface area contributed by atoms with Crippen LogP contribution >= 0.6 is 0 Å². The fraction of sp³-hybridized carbons (Fsp3) is 1.00. The second kappa shape index (κ2) is 5.84. The summed E-state index contributed by atoms with van der Waals surface area (Å²) in [5.74, 6) is -26.7. The summed E-state index contributed by atoms with van der Waals surface area (Å²) in [6.07, 6.45) is -13.8. The van der Waals surface area contributed by atoms with Crippen molar-refractivity contribution < 1.29 is 67.6 Å². The van der Waals surface area contributed by atoms with Crippen LogP contribution in [0.1, 0.15) is 0 Å². The third-order valence-corrected chi connectivity index (χ3v) is 2.33. The van der Waals surface area contributed by atoms with Gasteiger partial charge < -0.3 is 10.2 Å². The van der Waals surface area contributed by atoms with E-state index in [9.17, 15) is 52.7 Å². The molecule has 15 heteroatoms. The van der Waals surface area contributed by atoms with Gasteiger partial charge in [0.2, 0.25) is 0 Å². The first kappa shape index (κ1) is 22.0. The zero-order chi connectivity index (χ0) is 19.1. The van der Waals surface area contributed by atoms with Crippen LogP contribution in [0, 0.1) is 0 Å². The van der Waals surface area contributed by atoms with Crippen molar-refractivity contribution in [3.8, 4) is 0 Å². The molecule has 23 heavy (non-hydrogen) atoms. The predicted octanol–water partition coefficient (Wildman–Crippen LogP) is 2.71. The summed E-state index contributed by atoms with van der Waals surface area (Å²) in [7, 11) is 0. The lowest BCUT2D eigenvalue weighted by atomic mass is 10.0. The van der Waals surface area contributed by atoms with Crippen LogP contribution in [0.4, 0.5) is 52.7 Å². The average Bonchev–Trinajstić information content (AvgIpc) is 2.35. The monoisotopic (exact) mass is 378 g/mol. The highest BCUT2D eigenvalue weighted by Gasteiger charge is 2.83. The van der Waals surface area contributed by atoms with E-state index in [1.807, 2.05) is 4.74 Å². The Morgan fingerprint density at radius 1 is 0.609 bits per heavy atom. The summed E-state index contributed by atoms with van der Waals surface area (Å²) < 4.78 is 153. The molecule has 0 heterocycles. The van der Waals surface area contributed by atoms with Gasteiger partial charge in [0.15, 0.2) is 0 Å². The number of ether oxygens (including phenoxy) is 1. The van der Waals surface area contributed by atoms with Gasteiger partial charge in [0.1, 0.15) is 13.2 Å². The van der Waals surface area contributed by atoms with Crippen molar-refractivity contribution in [3.63, 3.8) is 0 Å². The molecule has 0 radical (unpaired) electrons. The van der Waals surface area contributed by atoms with Gasteiger partial charge in [-0.1, -0.05) is 0 Å². The maximum Gasteiger partial charge on any atom is 0.451 e. The first-order valence-electron chi connectivity index (χ1n) is 5.02. The van der Waals surface area contributed by atoms with Gasteiger partial charge in [-0.25, -0.2) is 0 Å². The highest BCUT2D eigenvalue weighted by Crippen LogP contribution is 2.54. The molecule has 0 aliphatic rings. The molecule has 0 aliphatic heterocycles. The van der Waals surface area contributed by atoms with Gasteiger partial charge in [-0.3, -0.25) is 4.74 Å². The summed E-state index contributed by atoms with van der Waals surface area (Å²) in [6.45, 7) is -6.16. The molecule has 0 saturated carbocycles. The Labute approximate surface area is 118 Å². The Bertz CT molecular complexity index is 419. The molecular formula is C8H6F12O3. The molecule has 0 bridgehead atoms. The maximum atomic E-state index is 12.9. The minimum Gasteiger partial charge on any atom is -0.390 e. The van der Waals surface area contributed by atoms with Gasteiger partial charge >= 0.3 is 35.9 Å². The summed E-state index contributed by atoms with van der Waals surface area (Å²) in [4.78, 5) is 0. The van der Waals surface area contributed by atoms with Crippen LogP contribution < -0.4 is 0 Å². The van der Waals surface area contributed by atoms with Crippen LogP contribution in [0.15, 0.2) is 0 Å². The van der Waals surface area contributed by atoms with Crippen molar-refractivity contribution >= 4 is 0 Å². The molecule has 3 nitrogen and oxygen atoms in total. The van der Waals surface area contributed by atoms with Gasteiger partial charge in [-0.2, -0.15) is 52.7 Å². The number of halogens is 12. The Morgan fingerprint density at radius 3 is 1.26 bits per heavy atom. The summed E-state index contributed by atoms with van der Waals surface area (Å²) >= 11 is 0. The van der Waals surface area contributed by atoms with E-state index in [1.54, 1.807) is 0 Å². The Kier molecular flexibility index (Phi) is 5.60. The summed E-state index contributed by atoms with van der Waals surface area (Å²) in [5.41, 5.74) is 0. The van der Waals surface area contributed by atoms with E-state index >= 15 is 0 Å². The van der Waals surface area contributed by atoms with Crippen molar-refractivity contribution in [2.24, 2.45) is 0 Å². The molecule has 0 amide bonds. The highest BCUT2D eigenvalue weighted by atomic mass is 19.4. The molecule has 0 saturated heterocycles. The first-order chi connectivity index (χ1) is 9.83. The van der Waals surface area contributed by atoms with Crippen LogP contribution in [0.5, 0.6) is 0 Å². The molecule has 1 atom stereocenters. The standard InChI is InChI=1S/C8H6F12O3/c9-3(10,1-21)5(12,13)6(14,15)8(19,20)23-4(11,2-22)7(16,17)18/h21-22H,1-2H2. The maximum absolute atomic E-state index is 12.9. The van der Waals surface area contributed by atoms with Crippen LogP contribution in [-0.4, -0.2) is 59.3 Å². The second-order valence-corrected chi connectivity index (χ2v) is 4.01. The van der Waals surface area contributed by atoms with E-state index in [0.717, 1.165) is 0 Å². The van der Waals surface area contributed by atoms with E-state index in [2.05, 4.69) is 0 Å². The van der Waals surface area contributed by atoms with Crippen molar-refractivity contribution in [2.45, 2.75) is 35.9 Å². The normalized spacial score (nSPS) is 18.0.